The zero-order valence-electron chi connectivity index (χ0n) is 15.9. The zero-order chi connectivity index (χ0) is 18.1. The minimum Gasteiger partial charge on any atom is -0.489 e. The smallest absolute Gasteiger partial charge is 0.191 e. The van der Waals surface area contributed by atoms with E-state index in [-0.39, 0.29) is 30.1 Å². The number of aryl methyl sites for hydroxylation is 2. The molecule has 1 aromatic carbocycles. The maximum atomic E-state index is 5.86. The first-order chi connectivity index (χ1) is 12.2. The molecule has 0 saturated carbocycles. The molecule has 1 heterocycles. The lowest BCUT2D eigenvalue weighted by Crippen LogP contribution is -2.41. The lowest BCUT2D eigenvalue weighted by atomic mass is 10.1. The van der Waals surface area contributed by atoms with Crippen molar-refractivity contribution in [3.05, 3.63) is 47.3 Å². The number of aromatic nitrogens is 1. The third-order valence-electron chi connectivity index (χ3n) is 3.90. The molecule has 0 aliphatic heterocycles. The van der Waals surface area contributed by atoms with Gasteiger partial charge in [-0.3, -0.25) is 4.99 Å². The molecule has 144 valence electrons. The van der Waals surface area contributed by atoms with Crippen LogP contribution < -0.4 is 15.4 Å². The molecule has 1 unspecified atom stereocenters. The number of guanidine groups is 1. The standard InChI is InChI=1S/C19H28N4O2.HI/c1-5-17-16(18(6-2)25-23-17)13-22-19(20-4)21-12-14(3)24-15-10-8-7-9-11-15;/h7-11,14H,5-6,12-13H2,1-4H3,(H2,20,21,22);1H. The van der Waals surface area contributed by atoms with E-state index in [4.69, 9.17) is 9.26 Å². The van der Waals surface area contributed by atoms with Crippen molar-refractivity contribution in [2.24, 2.45) is 4.99 Å². The van der Waals surface area contributed by atoms with Crippen LogP contribution in [0.5, 0.6) is 5.75 Å². The summed E-state index contributed by atoms with van der Waals surface area (Å²) in [7, 11) is 1.76. The van der Waals surface area contributed by atoms with Crippen molar-refractivity contribution >= 4 is 29.9 Å². The Balaban J connectivity index is 0.00000338. The second kappa shape index (κ2) is 11.8. The second-order valence-electron chi connectivity index (χ2n) is 5.79. The van der Waals surface area contributed by atoms with Crippen LogP contribution in [-0.2, 0) is 19.4 Å². The Kier molecular flexibility index (Phi) is 10.1. The van der Waals surface area contributed by atoms with E-state index in [2.05, 4.69) is 34.6 Å². The summed E-state index contributed by atoms with van der Waals surface area (Å²) >= 11 is 0. The molecule has 0 amide bonds. The van der Waals surface area contributed by atoms with Crippen molar-refractivity contribution in [3.63, 3.8) is 0 Å². The highest BCUT2D eigenvalue weighted by molar-refractivity contribution is 14.0. The molecule has 6 nitrogen and oxygen atoms in total. The number of para-hydroxylation sites is 1. The number of hydrogen-bond donors (Lipinski definition) is 2. The molecule has 7 heteroatoms. The van der Waals surface area contributed by atoms with Crippen molar-refractivity contribution in [2.45, 2.75) is 46.3 Å². The van der Waals surface area contributed by atoms with Crippen molar-refractivity contribution in [3.8, 4) is 5.75 Å². The van der Waals surface area contributed by atoms with Crippen molar-refractivity contribution in [2.75, 3.05) is 13.6 Å². The molecule has 0 aliphatic carbocycles. The molecule has 2 aromatic rings. The number of nitrogens with zero attached hydrogens (tertiary/aromatic N) is 2. The van der Waals surface area contributed by atoms with Crippen molar-refractivity contribution in [1.82, 2.24) is 15.8 Å². The van der Waals surface area contributed by atoms with Gasteiger partial charge in [0.15, 0.2) is 5.96 Å². The Labute approximate surface area is 172 Å². The predicted molar refractivity (Wildman–Crippen MR) is 115 cm³/mol. The lowest BCUT2D eigenvalue weighted by molar-refractivity contribution is 0.224. The van der Waals surface area contributed by atoms with Crippen LogP contribution in [0.25, 0.3) is 0 Å². The average molecular weight is 472 g/mol. The fourth-order valence-electron chi connectivity index (χ4n) is 2.54. The van der Waals surface area contributed by atoms with Crippen LogP contribution in [0.1, 0.15) is 37.8 Å². The molecule has 0 spiro atoms. The minimum atomic E-state index is 0. The summed E-state index contributed by atoms with van der Waals surface area (Å²) in [5.74, 6) is 2.53. The van der Waals surface area contributed by atoms with Crippen LogP contribution >= 0.6 is 24.0 Å². The summed E-state index contributed by atoms with van der Waals surface area (Å²) in [6, 6.07) is 9.81. The largest absolute Gasteiger partial charge is 0.489 e. The van der Waals surface area contributed by atoms with Gasteiger partial charge in [0, 0.05) is 25.6 Å². The van der Waals surface area contributed by atoms with Gasteiger partial charge in [-0.25, -0.2) is 0 Å². The SMILES string of the molecule is CCc1noc(CC)c1CNC(=NC)NCC(C)Oc1ccccc1.I. The van der Waals surface area contributed by atoms with E-state index in [1.807, 2.05) is 37.3 Å². The normalized spacial score (nSPS) is 12.2. The van der Waals surface area contributed by atoms with Crippen LogP contribution in [0.2, 0.25) is 0 Å². The summed E-state index contributed by atoms with van der Waals surface area (Å²) in [6.45, 7) is 7.47. The first-order valence-electron chi connectivity index (χ1n) is 8.80. The summed E-state index contributed by atoms with van der Waals surface area (Å²) in [6.07, 6.45) is 1.71. The predicted octanol–water partition coefficient (Wildman–Crippen LogP) is 3.55. The van der Waals surface area contributed by atoms with E-state index < -0.39 is 0 Å². The second-order valence-corrected chi connectivity index (χ2v) is 5.79. The van der Waals surface area contributed by atoms with Crippen LogP contribution in [0.3, 0.4) is 0 Å². The van der Waals surface area contributed by atoms with Gasteiger partial charge in [-0.05, 0) is 25.5 Å². The topological polar surface area (TPSA) is 71.7 Å². The molecule has 2 N–H and O–H groups in total. The van der Waals surface area contributed by atoms with Gasteiger partial charge in [0.25, 0.3) is 0 Å². The van der Waals surface area contributed by atoms with E-state index in [9.17, 15) is 0 Å². The number of rotatable bonds is 8. The minimum absolute atomic E-state index is 0. The number of halogens is 1. The van der Waals surface area contributed by atoms with Gasteiger partial charge in [-0.15, -0.1) is 24.0 Å². The van der Waals surface area contributed by atoms with E-state index in [1.165, 1.54) is 0 Å². The fraction of sp³-hybridized carbons (Fsp3) is 0.474. The van der Waals surface area contributed by atoms with Gasteiger partial charge in [-0.2, -0.15) is 0 Å². The molecule has 0 bridgehead atoms. The Morgan fingerprint density at radius 2 is 1.92 bits per heavy atom. The number of aliphatic imine (C=N–C) groups is 1. The number of nitrogens with one attached hydrogen (secondary N) is 2. The number of hydrogen-bond acceptors (Lipinski definition) is 4. The van der Waals surface area contributed by atoms with Gasteiger partial charge in [0.1, 0.15) is 17.6 Å². The van der Waals surface area contributed by atoms with E-state index >= 15 is 0 Å². The fourth-order valence-corrected chi connectivity index (χ4v) is 2.54. The first kappa shape index (κ1) is 22.3. The molecule has 2 rings (SSSR count). The zero-order valence-corrected chi connectivity index (χ0v) is 18.2. The molecule has 0 saturated heterocycles. The van der Waals surface area contributed by atoms with E-state index in [0.29, 0.717) is 13.1 Å². The molecule has 0 fully saturated rings. The third-order valence-corrected chi connectivity index (χ3v) is 3.90. The molecule has 1 aromatic heterocycles. The first-order valence-corrected chi connectivity index (χ1v) is 8.80. The van der Waals surface area contributed by atoms with E-state index in [0.717, 1.165) is 41.6 Å². The molecule has 1 atom stereocenters. The van der Waals surface area contributed by atoms with Crippen LogP contribution in [0, 0.1) is 0 Å². The molecule has 0 radical (unpaired) electrons. The van der Waals surface area contributed by atoms with Gasteiger partial charge in [-0.1, -0.05) is 37.2 Å². The maximum absolute atomic E-state index is 5.86. The van der Waals surface area contributed by atoms with Gasteiger partial charge >= 0.3 is 0 Å². The number of benzene rings is 1. The highest BCUT2D eigenvalue weighted by atomic mass is 127. The molecule has 26 heavy (non-hydrogen) atoms. The van der Waals surface area contributed by atoms with Crippen LogP contribution in [0.15, 0.2) is 39.8 Å². The quantitative estimate of drug-likeness (QED) is 0.350. The van der Waals surface area contributed by atoms with Gasteiger partial charge < -0.3 is 19.9 Å². The highest BCUT2D eigenvalue weighted by Gasteiger charge is 2.14. The highest BCUT2D eigenvalue weighted by Crippen LogP contribution is 2.15. The average Bonchev–Trinajstić information content (AvgIpc) is 3.04. The number of ether oxygens (including phenoxy) is 1. The third kappa shape index (κ3) is 6.51. The lowest BCUT2D eigenvalue weighted by Gasteiger charge is -2.17. The summed E-state index contributed by atoms with van der Waals surface area (Å²) in [4.78, 5) is 4.27. The Morgan fingerprint density at radius 1 is 1.19 bits per heavy atom. The van der Waals surface area contributed by atoms with Crippen LogP contribution in [0.4, 0.5) is 0 Å². The molecular formula is C19H29IN4O2. The summed E-state index contributed by atoms with van der Waals surface area (Å²) < 4.78 is 11.3. The molecule has 0 aliphatic rings. The van der Waals surface area contributed by atoms with Gasteiger partial charge in [0.2, 0.25) is 0 Å². The Bertz CT molecular complexity index is 652. The Hall–Kier alpha value is -1.77. The van der Waals surface area contributed by atoms with Crippen molar-refractivity contribution < 1.29 is 9.26 Å². The van der Waals surface area contributed by atoms with Gasteiger partial charge in [0.05, 0.1) is 12.2 Å². The summed E-state index contributed by atoms with van der Waals surface area (Å²) in [5, 5.41) is 10.7. The Morgan fingerprint density at radius 3 is 2.54 bits per heavy atom. The van der Waals surface area contributed by atoms with E-state index in [1.54, 1.807) is 7.05 Å². The van der Waals surface area contributed by atoms with Crippen molar-refractivity contribution in [1.29, 1.82) is 0 Å². The molecular weight excluding hydrogens is 443 g/mol. The monoisotopic (exact) mass is 472 g/mol. The maximum Gasteiger partial charge on any atom is 0.191 e. The van der Waals surface area contributed by atoms with Crippen LogP contribution in [-0.4, -0.2) is 30.8 Å². The summed E-state index contributed by atoms with van der Waals surface area (Å²) in [5.41, 5.74) is 2.13.